The van der Waals surface area contributed by atoms with E-state index in [9.17, 15) is 4.39 Å². The van der Waals surface area contributed by atoms with Crippen molar-refractivity contribution in [2.24, 2.45) is 11.7 Å². The molecule has 1 aromatic rings. The highest BCUT2D eigenvalue weighted by molar-refractivity contribution is 5.17. The number of benzene rings is 1. The molecule has 1 fully saturated rings. The van der Waals surface area contributed by atoms with Gasteiger partial charge in [-0.25, -0.2) is 4.39 Å². The van der Waals surface area contributed by atoms with Crippen molar-refractivity contribution in [2.75, 3.05) is 13.2 Å². The molecule has 1 aromatic carbocycles. The van der Waals surface area contributed by atoms with Crippen molar-refractivity contribution in [1.29, 1.82) is 0 Å². The maximum atomic E-state index is 13.6. The Kier molecular flexibility index (Phi) is 5.80. The van der Waals surface area contributed by atoms with Gasteiger partial charge < -0.3 is 10.5 Å². The van der Waals surface area contributed by atoms with E-state index in [1.807, 2.05) is 12.1 Å². The van der Waals surface area contributed by atoms with Gasteiger partial charge >= 0.3 is 0 Å². The fourth-order valence-corrected chi connectivity index (χ4v) is 2.78. The molecule has 2 nitrogen and oxygen atoms in total. The van der Waals surface area contributed by atoms with E-state index in [0.717, 1.165) is 37.9 Å². The third-order valence-corrected chi connectivity index (χ3v) is 3.96. The molecule has 0 amide bonds. The standard InChI is InChI=1S/C16H24FNO/c17-16-9-2-1-6-14(16)11-13(12-18)5-3-7-15-8-4-10-19-15/h1-2,6,9,13,15H,3-5,7-8,10-12,18H2. The van der Waals surface area contributed by atoms with Crippen LogP contribution in [-0.2, 0) is 11.2 Å². The zero-order valence-electron chi connectivity index (χ0n) is 11.5. The van der Waals surface area contributed by atoms with Crippen LogP contribution in [0.1, 0.15) is 37.7 Å². The highest BCUT2D eigenvalue weighted by Crippen LogP contribution is 2.21. The van der Waals surface area contributed by atoms with Crippen molar-refractivity contribution >= 4 is 0 Å². The second-order valence-electron chi connectivity index (χ2n) is 5.46. The Hall–Kier alpha value is -0.930. The first-order chi connectivity index (χ1) is 9.29. The Morgan fingerprint density at radius 3 is 2.89 bits per heavy atom. The third-order valence-electron chi connectivity index (χ3n) is 3.96. The normalized spacial score (nSPS) is 20.6. The van der Waals surface area contributed by atoms with Gasteiger partial charge in [-0.2, -0.15) is 0 Å². The van der Waals surface area contributed by atoms with E-state index in [1.54, 1.807) is 6.07 Å². The Bertz CT molecular complexity index is 377. The fraction of sp³-hybridized carbons (Fsp3) is 0.625. The van der Waals surface area contributed by atoms with Gasteiger partial charge in [0.05, 0.1) is 6.10 Å². The molecule has 0 saturated carbocycles. The van der Waals surface area contributed by atoms with E-state index >= 15 is 0 Å². The monoisotopic (exact) mass is 265 g/mol. The molecule has 0 bridgehead atoms. The largest absolute Gasteiger partial charge is 0.378 e. The van der Waals surface area contributed by atoms with Crippen LogP contribution in [0, 0.1) is 11.7 Å². The summed E-state index contributed by atoms with van der Waals surface area (Å²) >= 11 is 0. The number of nitrogens with two attached hydrogens (primary N) is 1. The molecule has 1 heterocycles. The molecule has 3 heteroatoms. The molecule has 19 heavy (non-hydrogen) atoms. The average Bonchev–Trinajstić information content (AvgIpc) is 2.93. The Balaban J connectivity index is 1.75. The first-order valence-corrected chi connectivity index (χ1v) is 7.34. The molecule has 0 aliphatic carbocycles. The summed E-state index contributed by atoms with van der Waals surface area (Å²) in [6, 6.07) is 7.00. The van der Waals surface area contributed by atoms with Crippen LogP contribution in [0.5, 0.6) is 0 Å². The van der Waals surface area contributed by atoms with Gasteiger partial charge in [0.2, 0.25) is 0 Å². The second kappa shape index (κ2) is 7.61. The molecule has 0 radical (unpaired) electrons. The summed E-state index contributed by atoms with van der Waals surface area (Å²) in [5, 5.41) is 0. The Labute approximate surface area is 115 Å². The summed E-state index contributed by atoms with van der Waals surface area (Å²) in [7, 11) is 0. The summed E-state index contributed by atoms with van der Waals surface area (Å²) in [5.74, 6) is 0.262. The molecule has 2 rings (SSSR count). The van der Waals surface area contributed by atoms with Crippen LogP contribution in [-0.4, -0.2) is 19.3 Å². The summed E-state index contributed by atoms with van der Waals surface area (Å²) in [4.78, 5) is 0. The smallest absolute Gasteiger partial charge is 0.126 e. The molecular formula is C16H24FNO. The fourth-order valence-electron chi connectivity index (χ4n) is 2.78. The minimum atomic E-state index is -0.111. The second-order valence-corrected chi connectivity index (χ2v) is 5.46. The van der Waals surface area contributed by atoms with Crippen LogP contribution in [0.25, 0.3) is 0 Å². The van der Waals surface area contributed by atoms with Crippen molar-refractivity contribution in [3.05, 3.63) is 35.6 Å². The van der Waals surface area contributed by atoms with Gasteiger partial charge in [-0.15, -0.1) is 0 Å². The maximum absolute atomic E-state index is 13.6. The van der Waals surface area contributed by atoms with E-state index in [4.69, 9.17) is 10.5 Å². The lowest BCUT2D eigenvalue weighted by molar-refractivity contribution is 0.101. The molecule has 106 valence electrons. The predicted octanol–water partition coefficient (Wildman–Crippen LogP) is 3.29. The molecule has 2 N–H and O–H groups in total. The van der Waals surface area contributed by atoms with E-state index in [0.29, 0.717) is 18.6 Å². The van der Waals surface area contributed by atoms with Crippen molar-refractivity contribution in [3.63, 3.8) is 0 Å². The molecule has 0 spiro atoms. The van der Waals surface area contributed by atoms with Gasteiger partial charge in [0.15, 0.2) is 0 Å². The SMILES string of the molecule is NCC(CCCC1CCCO1)Cc1ccccc1F. The lowest BCUT2D eigenvalue weighted by atomic mass is 9.93. The minimum Gasteiger partial charge on any atom is -0.378 e. The number of ether oxygens (including phenoxy) is 1. The lowest BCUT2D eigenvalue weighted by Gasteiger charge is -2.16. The quantitative estimate of drug-likeness (QED) is 0.821. The molecule has 1 saturated heterocycles. The highest BCUT2D eigenvalue weighted by atomic mass is 19.1. The zero-order valence-corrected chi connectivity index (χ0v) is 11.5. The van der Waals surface area contributed by atoms with Gasteiger partial charge in [0, 0.05) is 6.61 Å². The van der Waals surface area contributed by atoms with Gasteiger partial charge in [0.25, 0.3) is 0 Å². The maximum Gasteiger partial charge on any atom is 0.126 e. The van der Waals surface area contributed by atoms with Gasteiger partial charge in [-0.3, -0.25) is 0 Å². The predicted molar refractivity (Wildman–Crippen MR) is 75.5 cm³/mol. The van der Waals surface area contributed by atoms with Crippen molar-refractivity contribution in [3.8, 4) is 0 Å². The summed E-state index contributed by atoms with van der Waals surface area (Å²) in [6.45, 7) is 1.54. The lowest BCUT2D eigenvalue weighted by Crippen LogP contribution is -2.18. The van der Waals surface area contributed by atoms with E-state index in [1.165, 1.54) is 18.9 Å². The van der Waals surface area contributed by atoms with Crippen molar-refractivity contribution in [1.82, 2.24) is 0 Å². The number of halogens is 1. The van der Waals surface area contributed by atoms with Crippen LogP contribution in [0.15, 0.2) is 24.3 Å². The molecule has 2 atom stereocenters. The van der Waals surface area contributed by atoms with Crippen LogP contribution >= 0.6 is 0 Å². The summed E-state index contributed by atoms with van der Waals surface area (Å²) in [6.07, 6.45) is 6.89. The number of hydrogen-bond acceptors (Lipinski definition) is 2. The first kappa shape index (κ1) is 14.5. The van der Waals surface area contributed by atoms with Gasteiger partial charge in [-0.05, 0) is 56.2 Å². The van der Waals surface area contributed by atoms with Gasteiger partial charge in [0.1, 0.15) is 5.82 Å². The van der Waals surface area contributed by atoms with Gasteiger partial charge in [-0.1, -0.05) is 24.6 Å². The summed E-state index contributed by atoms with van der Waals surface area (Å²) in [5.41, 5.74) is 6.60. The van der Waals surface area contributed by atoms with E-state index in [-0.39, 0.29) is 5.82 Å². The van der Waals surface area contributed by atoms with Crippen LogP contribution < -0.4 is 5.73 Å². The summed E-state index contributed by atoms with van der Waals surface area (Å²) < 4.78 is 19.2. The molecule has 0 aromatic heterocycles. The number of rotatable bonds is 7. The Morgan fingerprint density at radius 1 is 1.37 bits per heavy atom. The van der Waals surface area contributed by atoms with Crippen LogP contribution in [0.4, 0.5) is 4.39 Å². The average molecular weight is 265 g/mol. The molecular weight excluding hydrogens is 241 g/mol. The van der Waals surface area contributed by atoms with Crippen LogP contribution in [0.3, 0.4) is 0 Å². The van der Waals surface area contributed by atoms with Crippen molar-refractivity contribution in [2.45, 2.75) is 44.6 Å². The molecule has 2 unspecified atom stereocenters. The van der Waals surface area contributed by atoms with E-state index < -0.39 is 0 Å². The third kappa shape index (κ3) is 4.59. The highest BCUT2D eigenvalue weighted by Gasteiger charge is 2.16. The van der Waals surface area contributed by atoms with E-state index in [2.05, 4.69) is 0 Å². The molecule has 1 aliphatic heterocycles. The zero-order chi connectivity index (χ0) is 13.5. The molecule has 1 aliphatic rings. The van der Waals surface area contributed by atoms with Crippen molar-refractivity contribution < 1.29 is 9.13 Å². The first-order valence-electron chi connectivity index (χ1n) is 7.34. The number of hydrogen-bond donors (Lipinski definition) is 1. The minimum absolute atomic E-state index is 0.111. The van der Waals surface area contributed by atoms with Crippen LogP contribution in [0.2, 0.25) is 0 Å². The Morgan fingerprint density at radius 2 is 2.21 bits per heavy atom. The topological polar surface area (TPSA) is 35.2 Å².